The molecule has 0 saturated heterocycles. The van der Waals surface area contributed by atoms with E-state index in [1.165, 1.54) is 32.1 Å². The Morgan fingerprint density at radius 2 is 1.72 bits per heavy atom. The average molecular weight is 412 g/mol. The zero-order chi connectivity index (χ0) is 20.2. The van der Waals surface area contributed by atoms with E-state index in [0.717, 1.165) is 12.0 Å². The van der Waals surface area contributed by atoms with Gasteiger partial charge in [-0.05, 0) is 36.1 Å². The molecule has 1 fully saturated rings. The van der Waals surface area contributed by atoms with Crippen LogP contribution in [-0.4, -0.2) is 23.8 Å². The Kier molecular flexibility index (Phi) is 5.92. The molecular formula is C21H23N4O3S-. The fourth-order valence-corrected chi connectivity index (χ4v) is 4.23. The number of phenols is 1. The molecule has 1 heterocycles. The highest BCUT2D eigenvalue weighted by molar-refractivity contribution is 7.80. The Morgan fingerprint density at radius 1 is 1.03 bits per heavy atom. The molecule has 8 heteroatoms. The van der Waals surface area contributed by atoms with Crippen LogP contribution < -0.4 is 10.0 Å². The van der Waals surface area contributed by atoms with Crippen molar-refractivity contribution in [2.75, 3.05) is 10.0 Å². The second-order valence-electron chi connectivity index (χ2n) is 7.42. The highest BCUT2D eigenvalue weighted by Crippen LogP contribution is 2.33. The van der Waals surface area contributed by atoms with Crippen LogP contribution in [0.4, 0.5) is 17.3 Å². The molecule has 0 aliphatic heterocycles. The summed E-state index contributed by atoms with van der Waals surface area (Å²) in [5.41, 5.74) is 3.01. The standard InChI is InChI=1S/C21H24N4O3S/c26-16-11-10-15(12-14-6-2-1-3-7-14)19(13-16)24-20-21(25-29(27)28)23-18-9-5-4-8-17(18)22-20/h4-5,8-11,13-14,26H,1-3,6-7,12H2,(H,22,24)(H,23,25)(H,27,28)/p-1. The van der Waals surface area contributed by atoms with E-state index >= 15 is 0 Å². The van der Waals surface area contributed by atoms with Crippen LogP contribution in [0.15, 0.2) is 42.5 Å². The van der Waals surface area contributed by atoms with Gasteiger partial charge in [-0.15, -0.1) is 0 Å². The van der Waals surface area contributed by atoms with Gasteiger partial charge in [0.15, 0.2) is 11.6 Å². The number of benzene rings is 2. The number of nitrogens with one attached hydrogen (secondary N) is 2. The molecule has 3 N–H and O–H groups in total. The summed E-state index contributed by atoms with van der Waals surface area (Å²) < 4.78 is 24.8. The molecule has 0 radical (unpaired) electrons. The van der Waals surface area contributed by atoms with Gasteiger partial charge in [0.1, 0.15) is 5.75 Å². The molecule has 152 valence electrons. The largest absolute Gasteiger partial charge is 0.755 e. The third-order valence-corrected chi connectivity index (χ3v) is 5.69. The zero-order valence-corrected chi connectivity index (χ0v) is 16.7. The summed E-state index contributed by atoms with van der Waals surface area (Å²) in [5.74, 6) is 1.16. The van der Waals surface area contributed by atoms with Crippen molar-refractivity contribution < 1.29 is 13.9 Å². The molecule has 3 aromatic rings. The third-order valence-electron chi connectivity index (χ3n) is 5.33. The van der Waals surface area contributed by atoms with Crippen molar-refractivity contribution in [2.24, 2.45) is 5.92 Å². The predicted molar refractivity (Wildman–Crippen MR) is 114 cm³/mol. The number of phenolic OH excluding ortho intramolecular Hbond substituents is 1. The van der Waals surface area contributed by atoms with Crippen molar-refractivity contribution in [3.8, 4) is 5.75 Å². The quantitative estimate of drug-likeness (QED) is 0.518. The second kappa shape index (κ2) is 8.75. The molecule has 7 nitrogen and oxygen atoms in total. The lowest BCUT2D eigenvalue weighted by Crippen LogP contribution is -2.12. The molecule has 0 bridgehead atoms. The van der Waals surface area contributed by atoms with Gasteiger partial charge in [-0.3, -0.25) is 8.93 Å². The lowest BCUT2D eigenvalue weighted by atomic mass is 9.84. The van der Waals surface area contributed by atoms with Crippen molar-refractivity contribution in [1.29, 1.82) is 0 Å². The summed E-state index contributed by atoms with van der Waals surface area (Å²) in [5, 5.41) is 13.2. The summed E-state index contributed by atoms with van der Waals surface area (Å²) in [4.78, 5) is 8.94. The first-order valence-electron chi connectivity index (χ1n) is 9.80. The highest BCUT2D eigenvalue weighted by atomic mass is 32.2. The first kappa shape index (κ1) is 19.6. The molecule has 29 heavy (non-hydrogen) atoms. The first-order chi connectivity index (χ1) is 14.1. The minimum Gasteiger partial charge on any atom is -0.755 e. The molecule has 1 aliphatic carbocycles. The number of hydrogen-bond donors (Lipinski definition) is 3. The summed E-state index contributed by atoms with van der Waals surface area (Å²) in [6, 6.07) is 12.5. The number of aromatic nitrogens is 2. The Morgan fingerprint density at radius 3 is 2.41 bits per heavy atom. The fourth-order valence-electron chi connectivity index (χ4n) is 3.93. The number of hydrogen-bond acceptors (Lipinski definition) is 6. The zero-order valence-electron chi connectivity index (χ0n) is 15.9. The van der Waals surface area contributed by atoms with Gasteiger partial charge in [-0.1, -0.05) is 50.3 Å². The summed E-state index contributed by atoms with van der Waals surface area (Å²) in [7, 11) is 0. The van der Waals surface area contributed by atoms with Gasteiger partial charge >= 0.3 is 0 Å². The average Bonchev–Trinajstić information content (AvgIpc) is 2.71. The van der Waals surface area contributed by atoms with Crippen LogP contribution in [0.1, 0.15) is 37.7 Å². The van der Waals surface area contributed by atoms with Crippen LogP contribution >= 0.6 is 0 Å². The molecule has 0 amide bonds. The summed E-state index contributed by atoms with van der Waals surface area (Å²) >= 11 is -2.53. The van der Waals surface area contributed by atoms with E-state index in [1.54, 1.807) is 18.2 Å². The minimum absolute atomic E-state index is 0.115. The number of anilines is 3. The number of nitrogens with zero attached hydrogens (tertiary/aromatic N) is 2. The smallest absolute Gasteiger partial charge is 0.181 e. The van der Waals surface area contributed by atoms with Crippen LogP contribution in [0.3, 0.4) is 0 Å². The predicted octanol–water partition coefficient (Wildman–Crippen LogP) is 4.41. The molecule has 1 unspecified atom stereocenters. The summed E-state index contributed by atoms with van der Waals surface area (Å²) in [6.45, 7) is 0. The molecule has 4 rings (SSSR count). The number of fused-ring (bicyclic) bond motifs is 1. The Bertz CT molecular complexity index is 1040. The topological polar surface area (TPSA) is 110 Å². The van der Waals surface area contributed by atoms with Gasteiger partial charge in [-0.2, -0.15) is 0 Å². The van der Waals surface area contributed by atoms with E-state index < -0.39 is 11.3 Å². The first-order valence-corrected chi connectivity index (χ1v) is 10.9. The van der Waals surface area contributed by atoms with Gasteiger partial charge in [0.25, 0.3) is 0 Å². The molecule has 0 spiro atoms. The van der Waals surface area contributed by atoms with E-state index in [1.807, 2.05) is 24.3 Å². The van der Waals surface area contributed by atoms with E-state index in [2.05, 4.69) is 20.0 Å². The van der Waals surface area contributed by atoms with Gasteiger partial charge in [0, 0.05) is 23.0 Å². The van der Waals surface area contributed by atoms with Gasteiger partial charge < -0.3 is 15.0 Å². The molecule has 2 aromatic carbocycles. The second-order valence-corrected chi connectivity index (χ2v) is 8.09. The number of aromatic hydroxyl groups is 1. The van der Waals surface area contributed by atoms with Gasteiger partial charge in [-0.25, -0.2) is 9.97 Å². The number of rotatable bonds is 6. The number of para-hydroxylation sites is 2. The van der Waals surface area contributed by atoms with E-state index in [9.17, 15) is 13.9 Å². The maximum absolute atomic E-state index is 11.2. The van der Waals surface area contributed by atoms with Gasteiger partial charge in [0.2, 0.25) is 0 Å². The fraction of sp³-hybridized carbons (Fsp3) is 0.333. The van der Waals surface area contributed by atoms with Crippen LogP contribution in [0.25, 0.3) is 11.0 Å². The molecule has 1 atom stereocenters. The van der Waals surface area contributed by atoms with Crippen LogP contribution in [-0.2, 0) is 17.7 Å². The minimum atomic E-state index is -2.53. The van der Waals surface area contributed by atoms with Crippen molar-refractivity contribution in [3.63, 3.8) is 0 Å². The van der Waals surface area contributed by atoms with E-state index in [0.29, 0.717) is 28.5 Å². The van der Waals surface area contributed by atoms with Crippen molar-refractivity contribution in [1.82, 2.24) is 9.97 Å². The van der Waals surface area contributed by atoms with Crippen molar-refractivity contribution in [2.45, 2.75) is 38.5 Å². The van der Waals surface area contributed by atoms with E-state index in [-0.39, 0.29) is 11.6 Å². The van der Waals surface area contributed by atoms with E-state index in [4.69, 9.17) is 0 Å². The lowest BCUT2D eigenvalue weighted by Gasteiger charge is -2.23. The maximum atomic E-state index is 11.2. The van der Waals surface area contributed by atoms with Crippen LogP contribution in [0.5, 0.6) is 5.75 Å². The summed E-state index contributed by atoms with van der Waals surface area (Å²) in [6.07, 6.45) is 7.12. The Labute approximate surface area is 172 Å². The van der Waals surface area contributed by atoms with Gasteiger partial charge in [0.05, 0.1) is 11.0 Å². The SMILES string of the molecule is O=S([O-])Nc1nc2ccccc2nc1Nc1cc(O)ccc1CC1CCCCC1. The van der Waals surface area contributed by atoms with Crippen LogP contribution in [0.2, 0.25) is 0 Å². The lowest BCUT2D eigenvalue weighted by molar-refractivity contribution is 0.357. The van der Waals surface area contributed by atoms with Crippen LogP contribution in [0, 0.1) is 5.92 Å². The highest BCUT2D eigenvalue weighted by Gasteiger charge is 2.17. The third kappa shape index (κ3) is 4.83. The molecule has 1 saturated carbocycles. The normalized spacial score (nSPS) is 15.9. The molecule has 1 aliphatic rings. The van der Waals surface area contributed by atoms with Crippen molar-refractivity contribution in [3.05, 3.63) is 48.0 Å². The van der Waals surface area contributed by atoms with Crippen molar-refractivity contribution >= 4 is 39.6 Å². The molecular weight excluding hydrogens is 388 g/mol. The Hall–Kier alpha value is -2.71. The monoisotopic (exact) mass is 411 g/mol. The maximum Gasteiger partial charge on any atom is 0.181 e. The Balaban J connectivity index is 1.69. The molecule has 1 aromatic heterocycles.